The zero-order valence-electron chi connectivity index (χ0n) is 21.9. The van der Waals surface area contributed by atoms with E-state index in [2.05, 4.69) is 5.32 Å². The third-order valence-corrected chi connectivity index (χ3v) is 8.20. The SMILES string of the molecule is Cc1ccc(CN(Cc2ccc(/C=C(/C#N)C(=O)NCCc3ccccc3)o2)S(=O)(=O)c2ccc(Cl)cc2)cc1. The lowest BCUT2D eigenvalue weighted by atomic mass is 10.1. The Hall–Kier alpha value is -4.16. The van der Waals surface area contributed by atoms with Gasteiger partial charge in [0.1, 0.15) is 23.2 Å². The number of furan rings is 1. The van der Waals surface area contributed by atoms with E-state index in [-0.39, 0.29) is 29.3 Å². The monoisotopic (exact) mass is 573 g/mol. The average Bonchev–Trinajstić information content (AvgIpc) is 3.40. The molecule has 4 rings (SSSR count). The summed E-state index contributed by atoms with van der Waals surface area (Å²) in [6, 6.07) is 28.4. The van der Waals surface area contributed by atoms with Gasteiger partial charge in [0.15, 0.2) is 0 Å². The van der Waals surface area contributed by atoms with Crippen LogP contribution in [0.2, 0.25) is 5.02 Å². The molecular formula is C31H28ClN3O4S. The minimum Gasteiger partial charge on any atom is -0.460 e. The molecule has 1 N–H and O–H groups in total. The number of carbonyl (C=O) groups is 1. The Morgan fingerprint density at radius 3 is 2.33 bits per heavy atom. The number of hydrogen-bond acceptors (Lipinski definition) is 5. The summed E-state index contributed by atoms with van der Waals surface area (Å²) in [7, 11) is -3.91. The second kappa shape index (κ2) is 13.3. The summed E-state index contributed by atoms with van der Waals surface area (Å²) in [5.41, 5.74) is 2.84. The summed E-state index contributed by atoms with van der Waals surface area (Å²) in [6.07, 6.45) is 1.98. The van der Waals surface area contributed by atoms with Gasteiger partial charge in [0.05, 0.1) is 11.4 Å². The van der Waals surface area contributed by atoms with E-state index in [0.717, 1.165) is 16.7 Å². The Morgan fingerprint density at radius 2 is 1.65 bits per heavy atom. The van der Waals surface area contributed by atoms with Gasteiger partial charge in [-0.2, -0.15) is 9.57 Å². The van der Waals surface area contributed by atoms with Crippen LogP contribution in [0.1, 0.15) is 28.2 Å². The number of nitrogens with zero attached hydrogens (tertiary/aromatic N) is 2. The topological polar surface area (TPSA) is 103 Å². The Balaban J connectivity index is 1.50. The van der Waals surface area contributed by atoms with Gasteiger partial charge < -0.3 is 9.73 Å². The first-order valence-electron chi connectivity index (χ1n) is 12.6. The largest absolute Gasteiger partial charge is 0.460 e. The number of hydrogen-bond donors (Lipinski definition) is 1. The highest BCUT2D eigenvalue weighted by Crippen LogP contribution is 2.24. The van der Waals surface area contributed by atoms with Crippen LogP contribution in [0, 0.1) is 18.3 Å². The summed E-state index contributed by atoms with van der Waals surface area (Å²) in [5, 5.41) is 12.7. The number of amides is 1. The minimum atomic E-state index is -3.91. The van der Waals surface area contributed by atoms with Gasteiger partial charge >= 0.3 is 0 Å². The van der Waals surface area contributed by atoms with Crippen LogP contribution >= 0.6 is 11.6 Å². The lowest BCUT2D eigenvalue weighted by Gasteiger charge is -2.21. The lowest BCUT2D eigenvalue weighted by molar-refractivity contribution is -0.117. The molecule has 3 aromatic carbocycles. The number of rotatable bonds is 11. The highest BCUT2D eigenvalue weighted by atomic mass is 35.5. The van der Waals surface area contributed by atoms with Crippen molar-refractivity contribution < 1.29 is 17.6 Å². The molecule has 0 unspecified atom stereocenters. The lowest BCUT2D eigenvalue weighted by Crippen LogP contribution is -2.30. The molecule has 4 aromatic rings. The maximum Gasteiger partial charge on any atom is 0.262 e. The number of nitrogens with one attached hydrogen (secondary N) is 1. The molecule has 0 radical (unpaired) electrons. The van der Waals surface area contributed by atoms with Crippen LogP contribution in [-0.2, 0) is 34.3 Å². The van der Waals surface area contributed by atoms with Gasteiger partial charge in [0, 0.05) is 24.2 Å². The molecule has 7 nitrogen and oxygen atoms in total. The first-order valence-corrected chi connectivity index (χ1v) is 14.4. The molecule has 0 saturated heterocycles. The highest BCUT2D eigenvalue weighted by molar-refractivity contribution is 7.89. The third-order valence-electron chi connectivity index (χ3n) is 6.14. The van der Waals surface area contributed by atoms with Crippen LogP contribution in [0.25, 0.3) is 6.08 Å². The Morgan fingerprint density at radius 1 is 0.950 bits per heavy atom. The van der Waals surface area contributed by atoms with Crippen LogP contribution in [0.3, 0.4) is 0 Å². The summed E-state index contributed by atoms with van der Waals surface area (Å²) < 4.78 is 34.3. The molecule has 1 heterocycles. The minimum absolute atomic E-state index is 0.0577. The molecule has 0 fully saturated rings. The molecule has 0 aliphatic rings. The molecule has 9 heteroatoms. The molecule has 0 bridgehead atoms. The van der Waals surface area contributed by atoms with Gasteiger partial charge in [0.2, 0.25) is 10.0 Å². The first kappa shape index (κ1) is 28.8. The van der Waals surface area contributed by atoms with Gasteiger partial charge in [-0.25, -0.2) is 8.42 Å². The fraction of sp³-hybridized carbons (Fsp3) is 0.161. The quantitative estimate of drug-likeness (QED) is 0.178. The van der Waals surface area contributed by atoms with Crippen molar-refractivity contribution in [3.63, 3.8) is 0 Å². The van der Waals surface area contributed by atoms with Gasteiger partial charge in [-0.3, -0.25) is 4.79 Å². The zero-order chi connectivity index (χ0) is 28.5. The maximum absolute atomic E-state index is 13.6. The third kappa shape index (κ3) is 7.70. The number of sulfonamides is 1. The first-order chi connectivity index (χ1) is 19.2. The van der Waals surface area contributed by atoms with Crippen LogP contribution < -0.4 is 5.32 Å². The van der Waals surface area contributed by atoms with Crippen molar-refractivity contribution in [3.8, 4) is 6.07 Å². The van der Waals surface area contributed by atoms with E-state index >= 15 is 0 Å². The van der Waals surface area contributed by atoms with Crippen molar-refractivity contribution in [2.45, 2.75) is 31.3 Å². The molecular weight excluding hydrogens is 546 g/mol. The maximum atomic E-state index is 13.6. The predicted octanol–water partition coefficient (Wildman–Crippen LogP) is 5.90. The highest BCUT2D eigenvalue weighted by Gasteiger charge is 2.26. The van der Waals surface area contributed by atoms with Crippen molar-refractivity contribution in [3.05, 3.63) is 130 Å². The summed E-state index contributed by atoms with van der Waals surface area (Å²) >= 11 is 5.97. The molecule has 0 spiro atoms. The van der Waals surface area contributed by atoms with Crippen LogP contribution in [-0.4, -0.2) is 25.2 Å². The molecule has 1 aromatic heterocycles. The van der Waals surface area contributed by atoms with E-state index in [1.54, 1.807) is 12.1 Å². The average molecular weight is 574 g/mol. The van der Waals surface area contributed by atoms with E-state index in [1.165, 1.54) is 34.6 Å². The summed E-state index contributed by atoms with van der Waals surface area (Å²) in [6.45, 7) is 2.40. The van der Waals surface area contributed by atoms with Gasteiger partial charge in [-0.1, -0.05) is 71.8 Å². The van der Waals surface area contributed by atoms with Gasteiger partial charge in [-0.15, -0.1) is 0 Å². The molecule has 0 saturated carbocycles. The Kier molecular flexibility index (Phi) is 9.56. The number of carbonyl (C=O) groups excluding carboxylic acids is 1. The predicted molar refractivity (Wildman–Crippen MR) is 155 cm³/mol. The molecule has 1 amide bonds. The molecule has 0 aliphatic heterocycles. The van der Waals surface area contributed by atoms with E-state index in [0.29, 0.717) is 23.7 Å². The number of aryl methyl sites for hydroxylation is 1. The van der Waals surface area contributed by atoms with Crippen molar-refractivity contribution in [2.24, 2.45) is 0 Å². The fourth-order valence-corrected chi connectivity index (χ4v) is 5.48. The van der Waals surface area contributed by atoms with E-state index < -0.39 is 15.9 Å². The van der Waals surface area contributed by atoms with Gasteiger partial charge in [0.25, 0.3) is 5.91 Å². The summed E-state index contributed by atoms with van der Waals surface area (Å²) in [5.74, 6) is 0.115. The standard InChI is InChI=1S/C31H28ClN3O4S/c1-23-7-9-25(10-8-23)21-35(40(37,38)30-15-11-27(32)12-16-30)22-29-14-13-28(39-29)19-26(20-33)31(36)34-18-17-24-5-3-2-4-6-24/h2-16,19H,17-18,21-22H2,1H3,(H,34,36)/b26-19-. The van der Waals surface area contributed by atoms with Crippen LogP contribution in [0.15, 0.2) is 106 Å². The van der Waals surface area contributed by atoms with Crippen LogP contribution in [0.5, 0.6) is 0 Å². The van der Waals surface area contributed by atoms with Crippen molar-refractivity contribution >= 4 is 33.6 Å². The summed E-state index contributed by atoms with van der Waals surface area (Å²) in [4.78, 5) is 12.7. The normalized spacial score (nSPS) is 11.8. The van der Waals surface area contributed by atoms with Crippen LogP contribution in [0.4, 0.5) is 0 Å². The molecule has 0 aliphatic carbocycles. The fourth-order valence-electron chi connectivity index (χ4n) is 3.96. The number of nitriles is 1. The van der Waals surface area contributed by atoms with Crippen molar-refractivity contribution in [1.29, 1.82) is 5.26 Å². The smallest absolute Gasteiger partial charge is 0.262 e. The van der Waals surface area contributed by atoms with E-state index in [9.17, 15) is 18.5 Å². The second-order valence-electron chi connectivity index (χ2n) is 9.18. The molecule has 0 atom stereocenters. The Labute approximate surface area is 239 Å². The number of benzene rings is 3. The van der Waals surface area contributed by atoms with Crippen molar-refractivity contribution in [2.75, 3.05) is 6.54 Å². The second-order valence-corrected chi connectivity index (χ2v) is 11.6. The van der Waals surface area contributed by atoms with Crippen molar-refractivity contribution in [1.82, 2.24) is 9.62 Å². The molecule has 204 valence electrons. The van der Waals surface area contributed by atoms with E-state index in [4.69, 9.17) is 16.0 Å². The van der Waals surface area contributed by atoms with E-state index in [1.807, 2.05) is 67.6 Å². The van der Waals surface area contributed by atoms with Gasteiger partial charge in [-0.05, 0) is 60.9 Å². The zero-order valence-corrected chi connectivity index (χ0v) is 23.5. The number of halogens is 1. The molecule has 40 heavy (non-hydrogen) atoms. The Bertz CT molecular complexity index is 1620.